The normalized spacial score (nSPS) is 12.5. The number of hydrogen-bond donors (Lipinski definition) is 1. The largest absolute Gasteiger partial charge is 0.306 e. The lowest BCUT2D eigenvalue weighted by Crippen LogP contribution is -2.24. The van der Waals surface area contributed by atoms with Gasteiger partial charge in [-0.15, -0.1) is 0 Å². The van der Waals surface area contributed by atoms with E-state index in [0.717, 1.165) is 6.07 Å². The van der Waals surface area contributed by atoms with E-state index in [1.54, 1.807) is 0 Å². The quantitative estimate of drug-likeness (QED) is 0.857. The molecule has 0 radical (unpaired) electrons. The van der Waals surface area contributed by atoms with E-state index in [-0.39, 0.29) is 11.1 Å². The van der Waals surface area contributed by atoms with Gasteiger partial charge in [-0.2, -0.15) is 0 Å². The molecule has 112 valence electrons. The zero-order chi connectivity index (χ0) is 15.6. The summed E-state index contributed by atoms with van der Waals surface area (Å²) in [6.45, 7) is 3.85. The van der Waals surface area contributed by atoms with Crippen LogP contribution in [0.3, 0.4) is 0 Å². The third kappa shape index (κ3) is 3.39. The Kier molecular flexibility index (Phi) is 4.91. The van der Waals surface area contributed by atoms with Gasteiger partial charge in [0.2, 0.25) is 0 Å². The summed E-state index contributed by atoms with van der Waals surface area (Å²) in [5, 5.41) is 3.36. The van der Waals surface area contributed by atoms with Crippen LogP contribution in [0.5, 0.6) is 0 Å². The van der Waals surface area contributed by atoms with Crippen molar-refractivity contribution in [1.29, 1.82) is 0 Å². The van der Waals surface area contributed by atoms with Crippen LogP contribution in [0.25, 0.3) is 0 Å². The average molecular weight is 314 g/mol. The lowest BCUT2D eigenvalue weighted by molar-refractivity contribution is 0.520. The zero-order valence-corrected chi connectivity index (χ0v) is 12.4. The summed E-state index contributed by atoms with van der Waals surface area (Å²) in [7, 11) is 0. The van der Waals surface area contributed by atoms with Gasteiger partial charge in [0.1, 0.15) is 17.5 Å². The SMILES string of the molecule is CCNC(c1cc(Cl)ccc1F)c1cc(C)c(F)cc1F. The fourth-order valence-corrected chi connectivity index (χ4v) is 2.41. The highest BCUT2D eigenvalue weighted by atomic mass is 35.5. The van der Waals surface area contributed by atoms with E-state index in [9.17, 15) is 13.2 Å². The summed E-state index contributed by atoms with van der Waals surface area (Å²) < 4.78 is 41.5. The summed E-state index contributed by atoms with van der Waals surface area (Å²) in [5.74, 6) is -1.84. The van der Waals surface area contributed by atoms with E-state index in [1.165, 1.54) is 31.2 Å². The molecule has 0 aliphatic rings. The first-order chi connectivity index (χ1) is 9.93. The van der Waals surface area contributed by atoms with Crippen molar-refractivity contribution in [2.24, 2.45) is 0 Å². The van der Waals surface area contributed by atoms with Gasteiger partial charge >= 0.3 is 0 Å². The van der Waals surface area contributed by atoms with Crippen LogP contribution >= 0.6 is 11.6 Å². The molecule has 2 aromatic carbocycles. The molecule has 1 unspecified atom stereocenters. The van der Waals surface area contributed by atoms with Crippen LogP contribution in [-0.4, -0.2) is 6.54 Å². The van der Waals surface area contributed by atoms with E-state index in [0.29, 0.717) is 17.1 Å². The van der Waals surface area contributed by atoms with Crippen molar-refractivity contribution < 1.29 is 13.2 Å². The predicted molar refractivity (Wildman–Crippen MR) is 78.0 cm³/mol. The minimum absolute atomic E-state index is 0.192. The molecule has 0 bridgehead atoms. The molecule has 2 aromatic rings. The molecule has 0 aromatic heterocycles. The standard InChI is InChI=1S/C16H15ClF3N/c1-3-21-16(12-7-10(17)4-5-13(12)18)11-6-9(2)14(19)8-15(11)20/h4-8,16,21H,3H2,1-2H3. The molecular weight excluding hydrogens is 299 g/mol. The highest BCUT2D eigenvalue weighted by Gasteiger charge is 2.22. The minimum Gasteiger partial charge on any atom is -0.306 e. The summed E-state index contributed by atoms with van der Waals surface area (Å²) >= 11 is 5.90. The van der Waals surface area contributed by atoms with Gasteiger partial charge in [-0.05, 0) is 43.3 Å². The monoisotopic (exact) mass is 313 g/mol. The summed E-state index contributed by atoms with van der Waals surface area (Å²) in [5.41, 5.74) is 0.725. The van der Waals surface area contributed by atoms with Gasteiger partial charge in [-0.25, -0.2) is 13.2 Å². The molecule has 0 saturated heterocycles. The molecule has 0 fully saturated rings. The van der Waals surface area contributed by atoms with Crippen molar-refractivity contribution in [2.45, 2.75) is 19.9 Å². The minimum atomic E-state index is -0.729. The Bertz CT molecular complexity index is 658. The molecule has 0 saturated carbocycles. The Morgan fingerprint density at radius 3 is 2.33 bits per heavy atom. The average Bonchev–Trinajstić information content (AvgIpc) is 2.43. The number of hydrogen-bond acceptors (Lipinski definition) is 1. The number of aryl methyl sites for hydroxylation is 1. The van der Waals surface area contributed by atoms with Crippen molar-refractivity contribution in [1.82, 2.24) is 5.32 Å². The van der Waals surface area contributed by atoms with Gasteiger partial charge in [0, 0.05) is 22.2 Å². The summed E-state index contributed by atoms with van der Waals surface area (Å²) in [6, 6.07) is 5.58. The molecule has 1 N–H and O–H groups in total. The fraction of sp³-hybridized carbons (Fsp3) is 0.250. The first-order valence-electron chi connectivity index (χ1n) is 6.58. The van der Waals surface area contributed by atoms with Crippen molar-refractivity contribution >= 4 is 11.6 Å². The molecule has 2 rings (SSSR count). The van der Waals surface area contributed by atoms with Crippen LogP contribution in [-0.2, 0) is 0 Å². The predicted octanol–water partition coefficient (Wildman–Crippen LogP) is 4.76. The summed E-state index contributed by atoms with van der Waals surface area (Å²) in [6.07, 6.45) is 0. The number of nitrogens with one attached hydrogen (secondary N) is 1. The van der Waals surface area contributed by atoms with E-state index in [4.69, 9.17) is 11.6 Å². The van der Waals surface area contributed by atoms with Crippen LogP contribution < -0.4 is 5.32 Å². The molecule has 0 spiro atoms. The van der Waals surface area contributed by atoms with Crippen LogP contribution in [0.4, 0.5) is 13.2 Å². The Morgan fingerprint density at radius 1 is 1.00 bits per heavy atom. The van der Waals surface area contributed by atoms with Crippen LogP contribution in [0.2, 0.25) is 5.02 Å². The molecule has 0 aliphatic carbocycles. The zero-order valence-electron chi connectivity index (χ0n) is 11.7. The van der Waals surface area contributed by atoms with Gasteiger partial charge in [0.05, 0.1) is 6.04 Å². The molecule has 1 nitrogen and oxygen atoms in total. The third-order valence-corrected chi connectivity index (χ3v) is 3.50. The Morgan fingerprint density at radius 2 is 1.67 bits per heavy atom. The van der Waals surface area contributed by atoms with Crippen LogP contribution in [0.15, 0.2) is 30.3 Å². The molecule has 0 amide bonds. The lowest BCUT2D eigenvalue weighted by Gasteiger charge is -2.21. The van der Waals surface area contributed by atoms with Crippen molar-refractivity contribution in [3.63, 3.8) is 0 Å². The molecule has 5 heteroatoms. The maximum absolute atomic E-state index is 14.1. The van der Waals surface area contributed by atoms with Gasteiger partial charge in [-0.3, -0.25) is 0 Å². The first-order valence-corrected chi connectivity index (χ1v) is 6.95. The molecule has 1 atom stereocenters. The van der Waals surface area contributed by atoms with Gasteiger partial charge in [0.25, 0.3) is 0 Å². The highest BCUT2D eigenvalue weighted by Crippen LogP contribution is 2.30. The van der Waals surface area contributed by atoms with E-state index in [1.807, 2.05) is 6.92 Å². The smallest absolute Gasteiger partial charge is 0.131 e. The van der Waals surface area contributed by atoms with Crippen LogP contribution in [0.1, 0.15) is 29.7 Å². The maximum atomic E-state index is 14.1. The van der Waals surface area contributed by atoms with Crippen molar-refractivity contribution in [3.05, 3.63) is 69.5 Å². The third-order valence-electron chi connectivity index (χ3n) is 3.27. The Labute approximate surface area is 126 Å². The number of rotatable bonds is 4. The summed E-state index contributed by atoms with van der Waals surface area (Å²) in [4.78, 5) is 0. The highest BCUT2D eigenvalue weighted by molar-refractivity contribution is 6.30. The van der Waals surface area contributed by atoms with Gasteiger partial charge in [-0.1, -0.05) is 18.5 Å². The second kappa shape index (κ2) is 6.50. The van der Waals surface area contributed by atoms with Crippen LogP contribution in [0, 0.1) is 24.4 Å². The van der Waals surface area contributed by atoms with Crippen molar-refractivity contribution in [3.8, 4) is 0 Å². The molecular formula is C16H15ClF3N. The molecule has 21 heavy (non-hydrogen) atoms. The van der Waals surface area contributed by atoms with E-state index >= 15 is 0 Å². The van der Waals surface area contributed by atoms with E-state index in [2.05, 4.69) is 5.32 Å². The number of benzene rings is 2. The van der Waals surface area contributed by atoms with Crippen molar-refractivity contribution in [2.75, 3.05) is 6.54 Å². The lowest BCUT2D eigenvalue weighted by atomic mass is 9.96. The van der Waals surface area contributed by atoms with E-state index < -0.39 is 23.5 Å². The van der Waals surface area contributed by atoms with Gasteiger partial charge in [0.15, 0.2) is 0 Å². The van der Waals surface area contributed by atoms with Gasteiger partial charge < -0.3 is 5.32 Å². The number of halogens is 4. The molecule has 0 aliphatic heterocycles. The first kappa shape index (κ1) is 15.9. The maximum Gasteiger partial charge on any atom is 0.131 e. The second-order valence-electron chi connectivity index (χ2n) is 4.78. The Balaban J connectivity index is 2.58. The second-order valence-corrected chi connectivity index (χ2v) is 5.22. The topological polar surface area (TPSA) is 12.0 Å². The fourth-order valence-electron chi connectivity index (χ4n) is 2.23. The molecule has 0 heterocycles. The Hall–Kier alpha value is -1.52.